The molecule has 0 bridgehead atoms. The summed E-state index contributed by atoms with van der Waals surface area (Å²) in [5, 5.41) is 0. The third-order valence-electron chi connectivity index (χ3n) is 15.5. The van der Waals surface area contributed by atoms with E-state index in [-0.39, 0.29) is 0 Å². The number of nitrogens with zero attached hydrogens (tertiary/aromatic N) is 3. The average Bonchev–Trinajstić information content (AvgIpc) is 4.04. The minimum Gasteiger partial charge on any atom is -0.351 e. The Labute approximate surface area is 387 Å². The van der Waals surface area contributed by atoms with Crippen LogP contribution in [-0.2, 0) is 23.4 Å². The average molecular weight is 846 g/mol. The highest BCUT2D eigenvalue weighted by Gasteiger charge is 2.53. The summed E-state index contributed by atoms with van der Waals surface area (Å²) in [6, 6.07) is 77.7. The van der Waals surface area contributed by atoms with E-state index in [9.17, 15) is 0 Å². The molecule has 0 spiro atoms. The van der Waals surface area contributed by atoms with Gasteiger partial charge in [0.25, 0.3) is 0 Å². The molecule has 10 aromatic rings. The highest BCUT2D eigenvalue weighted by atomic mass is 15.2. The second kappa shape index (κ2) is 14.1. The molecule has 0 fully saturated rings. The van der Waals surface area contributed by atoms with E-state index in [0.29, 0.717) is 0 Å². The second-order valence-electron chi connectivity index (χ2n) is 18.5. The number of rotatable bonds is 6. The van der Waals surface area contributed by atoms with Gasteiger partial charge in [0.2, 0.25) is 6.33 Å². The van der Waals surface area contributed by atoms with Crippen molar-refractivity contribution in [3.8, 4) is 33.4 Å². The summed E-state index contributed by atoms with van der Waals surface area (Å²) in [6.07, 6.45) is 5.83. The van der Waals surface area contributed by atoms with E-state index in [1.807, 2.05) is 6.20 Å². The summed E-state index contributed by atoms with van der Waals surface area (Å²) < 4.78 is 4.57. The van der Waals surface area contributed by atoms with Gasteiger partial charge in [-0.15, -0.1) is 0 Å². The maximum absolute atomic E-state index is 5.28. The third-order valence-corrected chi connectivity index (χ3v) is 15.5. The molecule has 0 radical (unpaired) electrons. The van der Waals surface area contributed by atoms with Crippen LogP contribution in [0, 0.1) is 27.1 Å². The summed E-state index contributed by atoms with van der Waals surface area (Å²) in [5.74, 6) is 0. The smallest absolute Gasteiger partial charge is 0.205 e. The number of pyridine rings is 1. The zero-order valence-corrected chi connectivity index (χ0v) is 37.5. The van der Waals surface area contributed by atoms with Gasteiger partial charge in [0, 0.05) is 22.9 Å². The van der Waals surface area contributed by atoms with E-state index in [2.05, 4.69) is 250 Å². The van der Waals surface area contributed by atoms with Crippen molar-refractivity contribution < 1.29 is 4.57 Å². The van der Waals surface area contributed by atoms with E-state index in [1.165, 1.54) is 106 Å². The summed E-state index contributed by atoms with van der Waals surface area (Å²) in [4.78, 5) is 5.28. The predicted octanol–water partition coefficient (Wildman–Crippen LogP) is 13.0. The lowest BCUT2D eigenvalue weighted by molar-refractivity contribution is -0.681. The first kappa shape index (κ1) is 38.6. The molecule has 3 aliphatic rings. The van der Waals surface area contributed by atoms with Crippen LogP contribution in [0.25, 0.3) is 33.4 Å². The molecule has 3 aliphatic carbocycles. The molecule has 2 heterocycles. The number of fused-ring (bicyclic) bond motifs is 9. The van der Waals surface area contributed by atoms with Crippen molar-refractivity contribution in [1.82, 2.24) is 9.55 Å². The van der Waals surface area contributed by atoms with Gasteiger partial charge in [0.05, 0.1) is 23.6 Å². The molecule has 3 heteroatoms. The Bertz CT molecular complexity index is 3490. The molecule has 0 saturated carbocycles. The van der Waals surface area contributed by atoms with Gasteiger partial charge in [0.1, 0.15) is 0 Å². The standard InChI is InChI=1S/C63H47N3/c1-41-35-36-64-60(37-41)62(56-31-13-7-25-50(56)51-26-8-14-32-57(51)62)46-21-17-19-44(38-46)61(54-29-11-5-23-48(54)49-24-6-12-30-55(49)61)45-20-18-22-47(39-45)63(66-40-65(4)42(2)43(66)3)58-33-15-9-27-52(58)53-28-10-16-34-59(53)63/h5-39H,1-4H3. The first-order valence-corrected chi connectivity index (χ1v) is 23.1. The second-order valence-corrected chi connectivity index (χ2v) is 18.5. The van der Waals surface area contributed by atoms with Crippen LogP contribution in [-0.4, -0.2) is 9.55 Å². The van der Waals surface area contributed by atoms with E-state index < -0.39 is 16.4 Å². The van der Waals surface area contributed by atoms with E-state index in [0.717, 1.165) is 5.69 Å². The van der Waals surface area contributed by atoms with Gasteiger partial charge >= 0.3 is 0 Å². The van der Waals surface area contributed by atoms with Crippen molar-refractivity contribution in [3.05, 3.63) is 297 Å². The van der Waals surface area contributed by atoms with Crippen LogP contribution in [0.3, 0.4) is 0 Å². The van der Waals surface area contributed by atoms with Crippen LogP contribution in [0.2, 0.25) is 0 Å². The zero-order valence-electron chi connectivity index (χ0n) is 37.5. The van der Waals surface area contributed by atoms with Crippen molar-refractivity contribution in [1.29, 1.82) is 0 Å². The van der Waals surface area contributed by atoms with Gasteiger partial charge in [-0.1, -0.05) is 202 Å². The highest BCUT2D eigenvalue weighted by molar-refractivity contribution is 5.89. The minimum atomic E-state index is -0.696. The molecule has 8 aromatic carbocycles. The molecule has 0 amide bonds. The maximum atomic E-state index is 5.28. The van der Waals surface area contributed by atoms with Crippen LogP contribution in [0.4, 0.5) is 0 Å². The first-order chi connectivity index (χ1) is 32.4. The quantitative estimate of drug-likeness (QED) is 0.121. The number of imidazole rings is 1. The number of hydrogen-bond acceptors (Lipinski definition) is 1. The van der Waals surface area contributed by atoms with Gasteiger partial charge in [-0.2, -0.15) is 0 Å². The number of aryl methyl sites for hydroxylation is 2. The lowest BCUT2D eigenvalue weighted by Gasteiger charge is -2.38. The number of benzene rings is 8. The molecule has 0 unspecified atom stereocenters. The van der Waals surface area contributed by atoms with Gasteiger partial charge in [-0.25, -0.2) is 0 Å². The Balaban J connectivity index is 1.14. The molecule has 0 saturated heterocycles. The maximum Gasteiger partial charge on any atom is 0.205 e. The van der Waals surface area contributed by atoms with E-state index in [1.54, 1.807) is 0 Å². The lowest BCUT2D eigenvalue weighted by atomic mass is 9.64. The van der Waals surface area contributed by atoms with Crippen molar-refractivity contribution >= 4 is 0 Å². The number of hydrogen-bond donors (Lipinski definition) is 0. The Morgan fingerprint density at radius 1 is 0.409 bits per heavy atom. The SMILES string of the molecule is Cc1ccnc(C2(c3cccc(C4(c5cccc(C6(n7[c-][n+](C)c(C)c7C)c7ccccc7-c7ccccc76)c5)c5ccccc5-c5ccccc54)c3)c3ccccc3-c3ccccc32)c1. The van der Waals surface area contributed by atoms with Crippen molar-refractivity contribution in [2.24, 2.45) is 7.05 Å². The fourth-order valence-electron chi connectivity index (χ4n) is 12.6. The van der Waals surface area contributed by atoms with Gasteiger partial charge in [0.15, 0.2) is 5.54 Å². The summed E-state index contributed by atoms with van der Waals surface area (Å²) in [7, 11) is 2.12. The fourth-order valence-corrected chi connectivity index (χ4v) is 12.6. The molecular weight excluding hydrogens is 799 g/mol. The van der Waals surface area contributed by atoms with E-state index >= 15 is 0 Å². The molecule has 314 valence electrons. The highest BCUT2D eigenvalue weighted by Crippen LogP contribution is 2.61. The minimum absolute atomic E-state index is 0.660. The molecule has 3 nitrogen and oxygen atoms in total. The number of aromatic nitrogens is 3. The molecular formula is C63H47N3. The fraction of sp³-hybridized carbons (Fsp3) is 0.111. The van der Waals surface area contributed by atoms with Crippen LogP contribution >= 0.6 is 0 Å². The van der Waals surface area contributed by atoms with Gasteiger partial charge < -0.3 is 9.13 Å². The van der Waals surface area contributed by atoms with Crippen LogP contribution < -0.4 is 4.57 Å². The molecule has 0 N–H and O–H groups in total. The van der Waals surface area contributed by atoms with Crippen molar-refractivity contribution in [3.63, 3.8) is 0 Å². The Kier molecular flexibility index (Phi) is 8.22. The van der Waals surface area contributed by atoms with Crippen molar-refractivity contribution in [2.75, 3.05) is 0 Å². The molecule has 0 aliphatic heterocycles. The van der Waals surface area contributed by atoms with Crippen LogP contribution in [0.1, 0.15) is 78.3 Å². The largest absolute Gasteiger partial charge is 0.351 e. The molecule has 13 rings (SSSR count). The summed E-state index contributed by atoms with van der Waals surface area (Å²) in [5.41, 5.74) is 22.5. The van der Waals surface area contributed by atoms with Gasteiger partial charge in [-0.3, -0.25) is 4.98 Å². The molecule has 0 atom stereocenters. The van der Waals surface area contributed by atoms with Crippen molar-refractivity contribution in [2.45, 2.75) is 37.1 Å². The summed E-state index contributed by atoms with van der Waals surface area (Å²) in [6.45, 7) is 6.63. The lowest BCUT2D eigenvalue weighted by Crippen LogP contribution is -2.38. The predicted molar refractivity (Wildman–Crippen MR) is 265 cm³/mol. The monoisotopic (exact) mass is 845 g/mol. The van der Waals surface area contributed by atoms with E-state index in [4.69, 9.17) is 4.98 Å². The van der Waals surface area contributed by atoms with Gasteiger partial charge in [-0.05, 0) is 114 Å². The summed E-state index contributed by atoms with van der Waals surface area (Å²) >= 11 is 0. The van der Waals surface area contributed by atoms with Crippen LogP contribution in [0.15, 0.2) is 212 Å². The van der Waals surface area contributed by atoms with Crippen LogP contribution in [0.5, 0.6) is 0 Å². The molecule has 66 heavy (non-hydrogen) atoms. The Morgan fingerprint density at radius 2 is 0.788 bits per heavy atom. The molecule has 2 aromatic heterocycles. The first-order valence-electron chi connectivity index (χ1n) is 23.1. The normalized spacial score (nSPS) is 15.0. The Morgan fingerprint density at radius 3 is 1.23 bits per heavy atom. The Hall–Kier alpha value is -7.88. The zero-order chi connectivity index (χ0) is 44.4. The third kappa shape index (κ3) is 4.82. The topological polar surface area (TPSA) is 21.7 Å².